The predicted molar refractivity (Wildman–Crippen MR) is 73.4 cm³/mol. The number of hydrogen-bond donors (Lipinski definition) is 2. The molecule has 0 fully saturated rings. The minimum atomic E-state index is 0.410. The molecule has 0 aliphatic heterocycles. The molecular formula is C12H14N4OS. The van der Waals surface area contributed by atoms with E-state index in [1.54, 1.807) is 6.92 Å². The molecule has 0 spiro atoms. The fraction of sp³-hybridized carbons (Fsp3) is 0.250. The molecule has 2 aromatic rings. The molecule has 2 rings (SSSR count). The molecule has 0 saturated heterocycles. The molecule has 5 nitrogen and oxygen atoms in total. The average molecular weight is 262 g/mol. The zero-order chi connectivity index (χ0) is 13.1. The molecule has 1 aromatic heterocycles. The summed E-state index contributed by atoms with van der Waals surface area (Å²) in [6, 6.07) is 5.82. The van der Waals surface area contributed by atoms with Crippen molar-refractivity contribution in [2.45, 2.75) is 20.4 Å². The smallest absolute Gasteiger partial charge is 0.223 e. The normalized spacial score (nSPS) is 10.3. The summed E-state index contributed by atoms with van der Waals surface area (Å²) in [6.45, 7) is 4.25. The van der Waals surface area contributed by atoms with Crippen LogP contribution in [-0.2, 0) is 6.54 Å². The van der Waals surface area contributed by atoms with E-state index < -0.39 is 0 Å². The van der Waals surface area contributed by atoms with Gasteiger partial charge in [-0.25, -0.2) is 0 Å². The highest BCUT2D eigenvalue weighted by Crippen LogP contribution is 2.15. The molecule has 0 radical (unpaired) electrons. The summed E-state index contributed by atoms with van der Waals surface area (Å²) in [5, 5.41) is 7.02. The Hall–Kier alpha value is -1.95. The standard InChI is InChI=1S/C12H14N4OS/c1-7-5-9(3-4-10(7)12(13)18)14-6-11-15-8(2)17-16-11/h3-5,14H,6H2,1-2H3,(H2,13,18). The van der Waals surface area contributed by atoms with Gasteiger partial charge in [0.25, 0.3) is 0 Å². The molecule has 0 saturated carbocycles. The van der Waals surface area contributed by atoms with Gasteiger partial charge in [-0.2, -0.15) is 4.98 Å². The van der Waals surface area contributed by atoms with Crippen LogP contribution in [-0.4, -0.2) is 15.1 Å². The lowest BCUT2D eigenvalue weighted by atomic mass is 10.1. The summed E-state index contributed by atoms with van der Waals surface area (Å²) in [4.78, 5) is 4.52. The van der Waals surface area contributed by atoms with Crippen molar-refractivity contribution in [1.29, 1.82) is 0 Å². The van der Waals surface area contributed by atoms with E-state index >= 15 is 0 Å². The Bertz CT molecular complexity index is 579. The molecule has 94 valence electrons. The number of hydrogen-bond acceptors (Lipinski definition) is 5. The van der Waals surface area contributed by atoms with Crippen molar-refractivity contribution >= 4 is 22.9 Å². The molecule has 0 bridgehead atoms. The first kappa shape index (κ1) is 12.5. The lowest BCUT2D eigenvalue weighted by molar-refractivity contribution is 0.388. The van der Waals surface area contributed by atoms with Crippen molar-refractivity contribution in [3.05, 3.63) is 41.0 Å². The Morgan fingerprint density at radius 3 is 2.78 bits per heavy atom. The predicted octanol–water partition coefficient (Wildman–Crippen LogP) is 1.93. The van der Waals surface area contributed by atoms with Crippen LogP contribution in [0.2, 0.25) is 0 Å². The largest absolute Gasteiger partial charge is 0.389 e. The molecule has 0 atom stereocenters. The Labute approximate surface area is 110 Å². The van der Waals surface area contributed by atoms with Crippen LogP contribution < -0.4 is 11.1 Å². The molecule has 0 amide bonds. The van der Waals surface area contributed by atoms with Gasteiger partial charge in [-0.1, -0.05) is 17.4 Å². The Morgan fingerprint density at radius 1 is 1.44 bits per heavy atom. The van der Waals surface area contributed by atoms with Gasteiger partial charge in [-0.15, -0.1) is 0 Å². The Kier molecular flexibility index (Phi) is 3.57. The number of benzene rings is 1. The van der Waals surface area contributed by atoms with Gasteiger partial charge in [0, 0.05) is 18.2 Å². The summed E-state index contributed by atoms with van der Waals surface area (Å²) >= 11 is 4.96. The maximum atomic E-state index is 5.61. The molecule has 1 heterocycles. The third-order valence-corrected chi connectivity index (χ3v) is 2.73. The molecule has 3 N–H and O–H groups in total. The van der Waals surface area contributed by atoms with Crippen molar-refractivity contribution < 1.29 is 4.52 Å². The van der Waals surface area contributed by atoms with E-state index in [0.29, 0.717) is 23.2 Å². The summed E-state index contributed by atoms with van der Waals surface area (Å²) in [7, 11) is 0. The highest BCUT2D eigenvalue weighted by Gasteiger charge is 2.04. The first-order valence-electron chi connectivity index (χ1n) is 5.50. The van der Waals surface area contributed by atoms with E-state index in [2.05, 4.69) is 15.5 Å². The number of anilines is 1. The number of nitrogens with zero attached hydrogens (tertiary/aromatic N) is 2. The van der Waals surface area contributed by atoms with Gasteiger partial charge < -0.3 is 15.6 Å². The van der Waals surface area contributed by atoms with Gasteiger partial charge >= 0.3 is 0 Å². The van der Waals surface area contributed by atoms with E-state index in [-0.39, 0.29) is 0 Å². The lowest BCUT2D eigenvalue weighted by Crippen LogP contribution is -2.11. The third kappa shape index (κ3) is 2.84. The van der Waals surface area contributed by atoms with Gasteiger partial charge in [0.1, 0.15) is 4.99 Å². The number of rotatable bonds is 4. The second-order valence-corrected chi connectivity index (χ2v) is 4.42. The highest BCUT2D eigenvalue weighted by atomic mass is 32.1. The SMILES string of the molecule is Cc1nc(CNc2ccc(C(N)=S)c(C)c2)no1. The first-order valence-corrected chi connectivity index (χ1v) is 5.90. The second kappa shape index (κ2) is 5.14. The zero-order valence-corrected chi connectivity index (χ0v) is 11.0. The van der Waals surface area contributed by atoms with E-state index in [1.807, 2.05) is 25.1 Å². The minimum Gasteiger partial charge on any atom is -0.389 e. The summed E-state index contributed by atoms with van der Waals surface area (Å²) in [5.41, 5.74) is 8.51. The summed E-state index contributed by atoms with van der Waals surface area (Å²) in [6.07, 6.45) is 0. The van der Waals surface area contributed by atoms with Gasteiger partial charge in [0.2, 0.25) is 5.89 Å². The van der Waals surface area contributed by atoms with E-state index in [9.17, 15) is 0 Å². The Balaban J connectivity index is 2.06. The summed E-state index contributed by atoms with van der Waals surface area (Å²) < 4.78 is 4.89. The lowest BCUT2D eigenvalue weighted by Gasteiger charge is -2.08. The fourth-order valence-electron chi connectivity index (χ4n) is 1.64. The van der Waals surface area contributed by atoms with Crippen LogP contribution in [0.3, 0.4) is 0 Å². The maximum Gasteiger partial charge on any atom is 0.223 e. The molecule has 6 heteroatoms. The summed E-state index contributed by atoms with van der Waals surface area (Å²) in [5.74, 6) is 1.19. The molecular weight excluding hydrogens is 248 g/mol. The third-order valence-electron chi connectivity index (χ3n) is 2.51. The van der Waals surface area contributed by atoms with Crippen LogP contribution in [0.5, 0.6) is 0 Å². The zero-order valence-electron chi connectivity index (χ0n) is 10.2. The van der Waals surface area contributed by atoms with Crippen molar-refractivity contribution in [3.8, 4) is 0 Å². The molecule has 0 unspecified atom stereocenters. The highest BCUT2D eigenvalue weighted by molar-refractivity contribution is 7.80. The topological polar surface area (TPSA) is 77.0 Å². The number of nitrogens with one attached hydrogen (secondary N) is 1. The monoisotopic (exact) mass is 262 g/mol. The molecule has 1 aromatic carbocycles. The van der Waals surface area contributed by atoms with Gasteiger partial charge in [0.05, 0.1) is 6.54 Å². The van der Waals surface area contributed by atoms with Crippen LogP contribution >= 0.6 is 12.2 Å². The quantitative estimate of drug-likeness (QED) is 0.820. The van der Waals surface area contributed by atoms with Gasteiger partial charge in [0.15, 0.2) is 5.82 Å². The van der Waals surface area contributed by atoms with E-state index in [1.165, 1.54) is 0 Å². The van der Waals surface area contributed by atoms with Crippen LogP contribution in [0.1, 0.15) is 22.8 Å². The number of thiocarbonyl (C=S) groups is 1. The van der Waals surface area contributed by atoms with Crippen molar-refractivity contribution in [2.24, 2.45) is 5.73 Å². The van der Waals surface area contributed by atoms with Crippen LogP contribution in [0, 0.1) is 13.8 Å². The van der Waals surface area contributed by atoms with Gasteiger partial charge in [-0.3, -0.25) is 0 Å². The van der Waals surface area contributed by atoms with E-state index in [0.717, 1.165) is 16.8 Å². The number of nitrogens with two attached hydrogens (primary N) is 1. The number of aromatic nitrogens is 2. The Morgan fingerprint density at radius 2 is 2.22 bits per heavy atom. The van der Waals surface area contributed by atoms with Crippen LogP contribution in [0.15, 0.2) is 22.7 Å². The van der Waals surface area contributed by atoms with Crippen LogP contribution in [0.25, 0.3) is 0 Å². The maximum absolute atomic E-state index is 5.61. The molecule has 0 aliphatic carbocycles. The van der Waals surface area contributed by atoms with Crippen molar-refractivity contribution in [3.63, 3.8) is 0 Å². The van der Waals surface area contributed by atoms with Crippen molar-refractivity contribution in [2.75, 3.05) is 5.32 Å². The minimum absolute atomic E-state index is 0.410. The molecule has 18 heavy (non-hydrogen) atoms. The van der Waals surface area contributed by atoms with E-state index in [4.69, 9.17) is 22.5 Å². The fourth-order valence-corrected chi connectivity index (χ4v) is 1.87. The average Bonchev–Trinajstić information content (AvgIpc) is 2.72. The number of aryl methyl sites for hydroxylation is 2. The molecule has 0 aliphatic rings. The van der Waals surface area contributed by atoms with Crippen LogP contribution in [0.4, 0.5) is 5.69 Å². The second-order valence-electron chi connectivity index (χ2n) is 3.98. The first-order chi connectivity index (χ1) is 8.56. The van der Waals surface area contributed by atoms with Crippen molar-refractivity contribution in [1.82, 2.24) is 10.1 Å². The van der Waals surface area contributed by atoms with Gasteiger partial charge in [-0.05, 0) is 30.7 Å².